The van der Waals surface area contributed by atoms with Crippen molar-refractivity contribution in [3.8, 4) is 0 Å². The molecule has 5 heteroatoms. The molecule has 0 spiro atoms. The quantitative estimate of drug-likeness (QED) is 0.322. The molecular formula is C21H38O5. The topological polar surface area (TPSA) is 83.8 Å². The van der Waals surface area contributed by atoms with Crippen molar-refractivity contribution < 1.29 is 24.5 Å². The number of hydrogen-bond donors (Lipinski definition) is 2. The summed E-state index contributed by atoms with van der Waals surface area (Å²) in [6.45, 7) is 3.50. The number of carboxylic acids is 1. The molecular weight excluding hydrogens is 332 g/mol. The van der Waals surface area contributed by atoms with Gasteiger partial charge in [0.1, 0.15) is 12.0 Å². The van der Waals surface area contributed by atoms with Crippen LogP contribution < -0.4 is 0 Å². The highest BCUT2D eigenvalue weighted by Gasteiger charge is 2.45. The first-order valence-electron chi connectivity index (χ1n) is 10.5. The van der Waals surface area contributed by atoms with Gasteiger partial charge in [0, 0.05) is 0 Å². The molecule has 0 aromatic heterocycles. The van der Waals surface area contributed by atoms with E-state index in [-0.39, 0.29) is 12.1 Å². The van der Waals surface area contributed by atoms with Crippen LogP contribution in [0.15, 0.2) is 0 Å². The smallest absolute Gasteiger partial charge is 0.311 e. The van der Waals surface area contributed by atoms with Crippen LogP contribution >= 0.6 is 0 Å². The van der Waals surface area contributed by atoms with Crippen molar-refractivity contribution in [3.05, 3.63) is 0 Å². The van der Waals surface area contributed by atoms with E-state index in [9.17, 15) is 19.8 Å². The number of esters is 1. The van der Waals surface area contributed by atoms with E-state index in [0.717, 1.165) is 25.7 Å². The van der Waals surface area contributed by atoms with Gasteiger partial charge in [0.2, 0.25) is 0 Å². The maximum atomic E-state index is 11.6. The third-order valence-corrected chi connectivity index (χ3v) is 5.47. The molecule has 0 amide bonds. The summed E-state index contributed by atoms with van der Waals surface area (Å²) in [7, 11) is 0. The van der Waals surface area contributed by atoms with E-state index in [1.54, 1.807) is 6.92 Å². The Morgan fingerprint density at radius 1 is 0.962 bits per heavy atom. The van der Waals surface area contributed by atoms with Gasteiger partial charge in [-0.1, -0.05) is 71.1 Å². The first kappa shape index (κ1) is 22.9. The van der Waals surface area contributed by atoms with Gasteiger partial charge in [0.15, 0.2) is 0 Å². The molecule has 1 aliphatic heterocycles. The maximum absolute atomic E-state index is 11.6. The van der Waals surface area contributed by atoms with Crippen molar-refractivity contribution in [2.45, 2.75) is 110 Å². The van der Waals surface area contributed by atoms with Crippen molar-refractivity contribution in [2.75, 3.05) is 0 Å². The molecule has 0 saturated carbocycles. The highest BCUT2D eigenvalue weighted by molar-refractivity contribution is 5.84. The van der Waals surface area contributed by atoms with E-state index in [1.807, 2.05) is 6.92 Å². The van der Waals surface area contributed by atoms with Gasteiger partial charge in [-0.2, -0.15) is 0 Å². The van der Waals surface area contributed by atoms with Gasteiger partial charge in [0.25, 0.3) is 0 Å². The standard InChI is InChI=1S/C21H38O5/c1-16(22)14-12-10-8-6-4-3-5-7-9-11-13-15-18-19(20(23)24)17(2)21(25)26-18/h16-19,22H,3-15H2,1-2H3,(H,23,24)/t16-,17+,18-,19+/m1/s1. The van der Waals surface area contributed by atoms with Gasteiger partial charge in [0.05, 0.1) is 12.0 Å². The largest absolute Gasteiger partial charge is 0.481 e. The molecule has 0 aliphatic carbocycles. The molecule has 0 radical (unpaired) electrons. The lowest BCUT2D eigenvalue weighted by Gasteiger charge is -2.15. The fourth-order valence-electron chi connectivity index (χ4n) is 3.79. The number of rotatable bonds is 15. The van der Waals surface area contributed by atoms with E-state index in [2.05, 4.69) is 0 Å². The highest BCUT2D eigenvalue weighted by Crippen LogP contribution is 2.31. The van der Waals surface area contributed by atoms with Gasteiger partial charge < -0.3 is 14.9 Å². The fraction of sp³-hybridized carbons (Fsp3) is 0.905. The summed E-state index contributed by atoms with van der Waals surface area (Å²) in [5.74, 6) is -2.49. The molecule has 1 aliphatic rings. The van der Waals surface area contributed by atoms with Gasteiger partial charge in [-0.25, -0.2) is 0 Å². The minimum Gasteiger partial charge on any atom is -0.481 e. The molecule has 2 N–H and O–H groups in total. The lowest BCUT2D eigenvalue weighted by Crippen LogP contribution is -2.27. The van der Waals surface area contributed by atoms with Gasteiger partial charge in [-0.05, 0) is 26.2 Å². The lowest BCUT2D eigenvalue weighted by molar-refractivity contribution is -0.144. The number of unbranched alkanes of at least 4 members (excludes halogenated alkanes) is 10. The van der Waals surface area contributed by atoms with Crippen LogP contribution in [0.2, 0.25) is 0 Å². The minimum absolute atomic E-state index is 0.158. The normalized spacial score (nSPS) is 23.8. The minimum atomic E-state index is -0.917. The average molecular weight is 371 g/mol. The molecule has 0 unspecified atom stereocenters. The highest BCUT2D eigenvalue weighted by atomic mass is 16.6. The summed E-state index contributed by atoms with van der Waals surface area (Å²) >= 11 is 0. The fourth-order valence-corrected chi connectivity index (χ4v) is 3.79. The number of cyclic esters (lactones) is 1. The van der Waals surface area contributed by atoms with E-state index < -0.39 is 23.9 Å². The number of hydrogen-bond acceptors (Lipinski definition) is 4. The van der Waals surface area contributed by atoms with Crippen LogP contribution in [0.3, 0.4) is 0 Å². The Kier molecular flexibility index (Phi) is 11.6. The van der Waals surface area contributed by atoms with Crippen molar-refractivity contribution in [3.63, 3.8) is 0 Å². The molecule has 1 saturated heterocycles. The summed E-state index contributed by atoms with van der Waals surface area (Å²) in [6, 6.07) is 0. The Bertz CT molecular complexity index is 407. The third-order valence-electron chi connectivity index (χ3n) is 5.47. The van der Waals surface area contributed by atoms with E-state index in [0.29, 0.717) is 6.42 Å². The molecule has 152 valence electrons. The first-order valence-corrected chi connectivity index (χ1v) is 10.5. The summed E-state index contributed by atoms with van der Waals surface area (Å²) in [5, 5.41) is 18.4. The van der Waals surface area contributed by atoms with Gasteiger partial charge in [-0.3, -0.25) is 9.59 Å². The number of ether oxygens (including phenoxy) is 1. The molecule has 1 heterocycles. The first-order chi connectivity index (χ1) is 12.4. The Balaban J connectivity index is 1.92. The average Bonchev–Trinajstić information content (AvgIpc) is 2.86. The zero-order valence-electron chi connectivity index (χ0n) is 16.6. The van der Waals surface area contributed by atoms with Crippen molar-refractivity contribution in [1.29, 1.82) is 0 Å². The third kappa shape index (κ3) is 9.02. The Labute approximate surface area is 158 Å². The van der Waals surface area contributed by atoms with Crippen molar-refractivity contribution in [2.24, 2.45) is 11.8 Å². The maximum Gasteiger partial charge on any atom is 0.311 e. The van der Waals surface area contributed by atoms with E-state index in [4.69, 9.17) is 4.74 Å². The van der Waals surface area contributed by atoms with Crippen LogP contribution in [0.5, 0.6) is 0 Å². The molecule has 0 bridgehead atoms. The number of carbonyl (C=O) groups is 2. The summed E-state index contributed by atoms with van der Waals surface area (Å²) in [4.78, 5) is 22.8. The van der Waals surface area contributed by atoms with Crippen LogP contribution in [0.25, 0.3) is 0 Å². The van der Waals surface area contributed by atoms with E-state index in [1.165, 1.54) is 51.4 Å². The monoisotopic (exact) mass is 370 g/mol. The van der Waals surface area contributed by atoms with Crippen molar-refractivity contribution >= 4 is 11.9 Å². The van der Waals surface area contributed by atoms with Gasteiger partial charge >= 0.3 is 11.9 Å². The number of carboxylic acid groups (broad SMARTS) is 1. The number of aliphatic carboxylic acids is 1. The van der Waals surface area contributed by atoms with Crippen LogP contribution in [-0.4, -0.2) is 34.4 Å². The van der Waals surface area contributed by atoms with Crippen LogP contribution in [-0.2, 0) is 14.3 Å². The SMILES string of the molecule is C[C@@H]1C(=O)O[C@H](CCCCCCCCCCCCC[C@@H](C)O)[C@H]1C(=O)O. The zero-order chi connectivity index (χ0) is 19.4. The molecule has 26 heavy (non-hydrogen) atoms. The summed E-state index contributed by atoms with van der Waals surface area (Å²) in [6.07, 6.45) is 14.2. The molecule has 1 fully saturated rings. The molecule has 1 rings (SSSR count). The zero-order valence-corrected chi connectivity index (χ0v) is 16.6. The Morgan fingerprint density at radius 2 is 1.42 bits per heavy atom. The second-order valence-corrected chi connectivity index (χ2v) is 7.94. The summed E-state index contributed by atoms with van der Waals surface area (Å²) < 4.78 is 5.23. The van der Waals surface area contributed by atoms with Crippen LogP contribution in [0.4, 0.5) is 0 Å². The van der Waals surface area contributed by atoms with Crippen molar-refractivity contribution in [1.82, 2.24) is 0 Å². The predicted molar refractivity (Wildman–Crippen MR) is 102 cm³/mol. The Hall–Kier alpha value is -1.10. The van der Waals surface area contributed by atoms with Crippen LogP contribution in [0.1, 0.15) is 97.3 Å². The second-order valence-electron chi connectivity index (χ2n) is 7.94. The molecule has 0 aromatic carbocycles. The van der Waals surface area contributed by atoms with Gasteiger partial charge in [-0.15, -0.1) is 0 Å². The number of aliphatic hydroxyl groups excluding tert-OH is 1. The number of aliphatic hydroxyl groups is 1. The predicted octanol–water partition coefficient (Wildman–Crippen LogP) is 4.70. The number of carbonyl (C=O) groups excluding carboxylic acids is 1. The molecule has 5 nitrogen and oxygen atoms in total. The van der Waals surface area contributed by atoms with E-state index >= 15 is 0 Å². The molecule has 0 aromatic rings. The molecule has 4 atom stereocenters. The Morgan fingerprint density at radius 3 is 1.88 bits per heavy atom. The lowest BCUT2D eigenvalue weighted by atomic mass is 9.89. The van der Waals surface area contributed by atoms with Crippen LogP contribution in [0, 0.1) is 11.8 Å². The summed E-state index contributed by atoms with van der Waals surface area (Å²) in [5.41, 5.74) is 0. The second kappa shape index (κ2) is 13.1.